The summed E-state index contributed by atoms with van der Waals surface area (Å²) in [5, 5.41) is 0. The Kier molecular flexibility index (Phi) is 3.98. The first-order chi connectivity index (χ1) is 10.1. The average Bonchev–Trinajstić information content (AvgIpc) is 2.89. The smallest absolute Gasteiger partial charge is 0.161 e. The van der Waals surface area contributed by atoms with Crippen molar-refractivity contribution in [3.05, 3.63) is 23.9 Å². The number of ketones is 1. The molecule has 1 saturated carbocycles. The third-order valence-corrected chi connectivity index (χ3v) is 5.20. The van der Waals surface area contributed by atoms with E-state index in [4.69, 9.17) is 4.74 Å². The van der Waals surface area contributed by atoms with Gasteiger partial charge in [0, 0.05) is 37.4 Å². The third-order valence-electron chi connectivity index (χ3n) is 5.20. The largest absolute Gasteiger partial charge is 0.381 e. The molecule has 4 nitrogen and oxygen atoms in total. The van der Waals surface area contributed by atoms with Crippen LogP contribution in [0.2, 0.25) is 0 Å². The van der Waals surface area contributed by atoms with Crippen molar-refractivity contribution in [1.29, 1.82) is 0 Å². The fourth-order valence-electron chi connectivity index (χ4n) is 4.08. The summed E-state index contributed by atoms with van der Waals surface area (Å²) in [4.78, 5) is 18.2. The molecule has 4 heteroatoms. The number of anilines is 1. The van der Waals surface area contributed by atoms with Gasteiger partial charge in [-0.2, -0.15) is 0 Å². The summed E-state index contributed by atoms with van der Waals surface area (Å²) >= 11 is 0. The Morgan fingerprint density at radius 3 is 2.86 bits per heavy atom. The molecule has 0 N–H and O–H groups in total. The Morgan fingerprint density at radius 2 is 2.19 bits per heavy atom. The summed E-state index contributed by atoms with van der Waals surface area (Å²) in [5.41, 5.74) is 0.981. The predicted molar refractivity (Wildman–Crippen MR) is 82.8 cm³/mol. The van der Waals surface area contributed by atoms with Gasteiger partial charge in [0.2, 0.25) is 0 Å². The van der Waals surface area contributed by atoms with E-state index in [2.05, 4.69) is 9.88 Å². The van der Waals surface area contributed by atoms with Crippen LogP contribution in [0.1, 0.15) is 49.4 Å². The van der Waals surface area contributed by atoms with Crippen molar-refractivity contribution in [2.24, 2.45) is 5.41 Å². The molecular formula is C17H24N2O2. The monoisotopic (exact) mass is 288 g/mol. The number of methoxy groups -OCH3 is 1. The molecule has 1 aliphatic heterocycles. The molecular weight excluding hydrogens is 264 g/mol. The van der Waals surface area contributed by atoms with Crippen LogP contribution in [0.4, 0.5) is 5.82 Å². The molecule has 1 aromatic rings. The van der Waals surface area contributed by atoms with E-state index in [1.807, 2.05) is 19.2 Å². The molecule has 2 fully saturated rings. The van der Waals surface area contributed by atoms with Gasteiger partial charge in [0.05, 0.1) is 6.10 Å². The lowest BCUT2D eigenvalue weighted by molar-refractivity contribution is 0.00216. The number of ether oxygens (including phenoxy) is 1. The number of carbonyl (C=O) groups excluding carboxylic acids is 1. The molecule has 2 atom stereocenters. The van der Waals surface area contributed by atoms with Crippen LogP contribution in [0.3, 0.4) is 0 Å². The van der Waals surface area contributed by atoms with Crippen LogP contribution in [-0.4, -0.2) is 37.1 Å². The lowest BCUT2D eigenvalue weighted by atomic mass is 9.76. The van der Waals surface area contributed by atoms with E-state index in [1.54, 1.807) is 13.1 Å². The fraction of sp³-hybridized carbons (Fsp3) is 0.647. The summed E-state index contributed by atoms with van der Waals surface area (Å²) in [6.07, 6.45) is 8.24. The van der Waals surface area contributed by atoms with Crippen LogP contribution < -0.4 is 4.90 Å². The highest BCUT2D eigenvalue weighted by Gasteiger charge is 2.45. The number of hydrogen-bond donors (Lipinski definition) is 0. The normalized spacial score (nSPS) is 29.0. The van der Waals surface area contributed by atoms with E-state index >= 15 is 0 Å². The second-order valence-corrected chi connectivity index (χ2v) is 6.47. The van der Waals surface area contributed by atoms with Crippen molar-refractivity contribution in [2.45, 2.75) is 45.1 Å². The van der Waals surface area contributed by atoms with Crippen molar-refractivity contribution < 1.29 is 9.53 Å². The van der Waals surface area contributed by atoms with Gasteiger partial charge in [-0.15, -0.1) is 0 Å². The van der Waals surface area contributed by atoms with Gasteiger partial charge in [-0.05, 0) is 44.7 Å². The number of Topliss-reactive ketones (excluding diaryl/α,β-unsaturated/α-hetero) is 1. The zero-order valence-electron chi connectivity index (χ0n) is 13.0. The standard InChI is InChI=1S/C17H24N2O2/c1-13(20)14-6-7-16(18-11-14)19-10-4-9-17(12-19)8-3-5-15(17)21-2/h6-7,11,15H,3-5,8-10,12H2,1-2H3/t15-,17-/m1/s1. The molecule has 3 rings (SSSR count). The molecule has 0 aromatic carbocycles. The summed E-state index contributed by atoms with van der Waals surface area (Å²) < 4.78 is 5.75. The van der Waals surface area contributed by atoms with Crippen molar-refractivity contribution in [1.82, 2.24) is 4.98 Å². The lowest BCUT2D eigenvalue weighted by Crippen LogP contribution is -2.48. The maximum absolute atomic E-state index is 11.3. The topological polar surface area (TPSA) is 42.4 Å². The van der Waals surface area contributed by atoms with Gasteiger partial charge >= 0.3 is 0 Å². The molecule has 1 aliphatic carbocycles. The molecule has 0 amide bonds. The lowest BCUT2D eigenvalue weighted by Gasteiger charge is -2.44. The second kappa shape index (κ2) is 5.76. The van der Waals surface area contributed by atoms with E-state index in [0.717, 1.165) is 18.9 Å². The maximum atomic E-state index is 11.3. The highest BCUT2D eigenvalue weighted by atomic mass is 16.5. The Morgan fingerprint density at radius 1 is 1.38 bits per heavy atom. The maximum Gasteiger partial charge on any atom is 0.161 e. The zero-order chi connectivity index (χ0) is 14.9. The summed E-state index contributed by atoms with van der Waals surface area (Å²) in [7, 11) is 1.84. The molecule has 1 spiro atoms. The van der Waals surface area contributed by atoms with Gasteiger partial charge in [-0.1, -0.05) is 6.42 Å². The summed E-state index contributed by atoms with van der Waals surface area (Å²) in [5.74, 6) is 1.06. The Bertz CT molecular complexity index is 514. The van der Waals surface area contributed by atoms with Gasteiger partial charge in [-0.25, -0.2) is 4.98 Å². The molecule has 2 aliphatic rings. The first-order valence-corrected chi connectivity index (χ1v) is 7.89. The van der Waals surface area contributed by atoms with E-state index in [0.29, 0.717) is 17.1 Å². The molecule has 1 saturated heterocycles. The highest BCUT2D eigenvalue weighted by molar-refractivity contribution is 5.93. The first-order valence-electron chi connectivity index (χ1n) is 7.89. The fourth-order valence-corrected chi connectivity index (χ4v) is 4.08. The Balaban J connectivity index is 1.78. The van der Waals surface area contributed by atoms with Crippen LogP contribution in [-0.2, 0) is 4.74 Å². The highest BCUT2D eigenvalue weighted by Crippen LogP contribution is 2.46. The Labute approximate surface area is 126 Å². The van der Waals surface area contributed by atoms with E-state index < -0.39 is 0 Å². The molecule has 0 radical (unpaired) electrons. The number of piperidine rings is 1. The van der Waals surface area contributed by atoms with Gasteiger partial charge in [0.25, 0.3) is 0 Å². The van der Waals surface area contributed by atoms with Gasteiger partial charge in [0.1, 0.15) is 5.82 Å². The van der Waals surface area contributed by atoms with E-state index in [-0.39, 0.29) is 5.78 Å². The number of carbonyl (C=O) groups is 1. The van der Waals surface area contributed by atoms with Crippen LogP contribution >= 0.6 is 0 Å². The minimum absolute atomic E-state index is 0.0689. The van der Waals surface area contributed by atoms with Crippen LogP contribution in [0.25, 0.3) is 0 Å². The van der Waals surface area contributed by atoms with E-state index in [9.17, 15) is 4.79 Å². The number of hydrogen-bond acceptors (Lipinski definition) is 4. The number of aromatic nitrogens is 1. The SMILES string of the molecule is CO[C@@H]1CCC[C@]12CCCN(c1ccc(C(C)=O)cn1)C2. The molecule has 2 heterocycles. The van der Waals surface area contributed by atoms with Crippen molar-refractivity contribution in [2.75, 3.05) is 25.1 Å². The molecule has 21 heavy (non-hydrogen) atoms. The van der Waals surface area contributed by atoms with Crippen LogP contribution in [0.15, 0.2) is 18.3 Å². The zero-order valence-corrected chi connectivity index (χ0v) is 13.0. The average molecular weight is 288 g/mol. The molecule has 0 unspecified atom stereocenters. The van der Waals surface area contributed by atoms with Crippen molar-refractivity contribution in [3.63, 3.8) is 0 Å². The summed E-state index contributed by atoms with van der Waals surface area (Å²) in [6, 6.07) is 3.86. The molecule has 114 valence electrons. The van der Waals surface area contributed by atoms with Crippen molar-refractivity contribution >= 4 is 11.6 Å². The third kappa shape index (κ3) is 2.69. The van der Waals surface area contributed by atoms with Gasteiger partial charge in [0.15, 0.2) is 5.78 Å². The van der Waals surface area contributed by atoms with Crippen LogP contribution in [0.5, 0.6) is 0 Å². The molecule has 0 bridgehead atoms. The second-order valence-electron chi connectivity index (χ2n) is 6.47. The first kappa shape index (κ1) is 14.5. The molecule has 1 aromatic heterocycles. The number of pyridine rings is 1. The summed E-state index contributed by atoms with van der Waals surface area (Å²) in [6.45, 7) is 3.65. The minimum atomic E-state index is 0.0689. The van der Waals surface area contributed by atoms with Crippen molar-refractivity contribution in [3.8, 4) is 0 Å². The quantitative estimate of drug-likeness (QED) is 0.802. The minimum Gasteiger partial charge on any atom is -0.381 e. The predicted octanol–water partition coefficient (Wildman–Crippen LogP) is 3.07. The van der Waals surface area contributed by atoms with Gasteiger partial charge in [-0.3, -0.25) is 4.79 Å². The Hall–Kier alpha value is -1.42. The number of rotatable bonds is 3. The van der Waals surface area contributed by atoms with Gasteiger partial charge < -0.3 is 9.64 Å². The van der Waals surface area contributed by atoms with E-state index in [1.165, 1.54) is 32.1 Å². The number of nitrogens with zero attached hydrogens (tertiary/aromatic N) is 2. The van der Waals surface area contributed by atoms with Crippen LogP contribution in [0, 0.1) is 5.41 Å².